The molecule has 10 heteroatoms. The van der Waals surface area contributed by atoms with Crippen LogP contribution in [0.25, 0.3) is 5.69 Å². The topological polar surface area (TPSA) is 64.9 Å². The van der Waals surface area contributed by atoms with Gasteiger partial charge in [0.25, 0.3) is 0 Å². The van der Waals surface area contributed by atoms with Crippen LogP contribution in [-0.4, -0.2) is 32.5 Å². The zero-order chi connectivity index (χ0) is 22.2. The van der Waals surface area contributed by atoms with Crippen LogP contribution in [0, 0.1) is 0 Å². The lowest BCUT2D eigenvalue weighted by Gasteiger charge is -2.13. The molecule has 0 aliphatic rings. The van der Waals surface area contributed by atoms with Gasteiger partial charge in [-0.2, -0.15) is 4.68 Å². The molecule has 1 N–H and O–H groups in total. The summed E-state index contributed by atoms with van der Waals surface area (Å²) in [6.07, 6.45) is 0. The van der Waals surface area contributed by atoms with Crippen LogP contribution in [0.2, 0.25) is 5.02 Å². The second-order valence-electron chi connectivity index (χ2n) is 6.87. The molecular formula is C23H22BrCl2N5OS. The molecule has 0 fully saturated rings. The van der Waals surface area contributed by atoms with E-state index < -0.39 is 0 Å². The maximum absolute atomic E-state index is 6.25. The molecule has 0 atom stereocenters. The Morgan fingerprint density at radius 2 is 1.79 bits per heavy atom. The maximum atomic E-state index is 6.25. The van der Waals surface area contributed by atoms with Gasteiger partial charge in [0.15, 0.2) is 0 Å². The van der Waals surface area contributed by atoms with Crippen LogP contribution < -0.4 is 10.1 Å². The molecule has 4 aromatic rings. The third-order valence-electron chi connectivity index (χ3n) is 4.63. The smallest absolute Gasteiger partial charge is 0.214 e. The van der Waals surface area contributed by atoms with Crippen molar-refractivity contribution in [2.75, 3.05) is 12.3 Å². The van der Waals surface area contributed by atoms with Crippen molar-refractivity contribution in [2.24, 2.45) is 0 Å². The standard InChI is InChI=1S/C23H21BrClN5OS.ClH/c24-19-10-11-22(31-16-17-6-4-5-9-21(17)25)18(14-19)15-26-12-13-32-23-27-28-29-30(23)20-7-2-1-3-8-20;/h1-11,14,26H,12-13,15-16H2;1H. The van der Waals surface area contributed by atoms with Crippen LogP contribution in [0.1, 0.15) is 11.1 Å². The number of tetrazole rings is 1. The van der Waals surface area contributed by atoms with Gasteiger partial charge in [-0.15, -0.1) is 17.5 Å². The molecule has 1 aromatic heterocycles. The highest BCUT2D eigenvalue weighted by Crippen LogP contribution is 2.25. The van der Waals surface area contributed by atoms with Crippen LogP contribution in [-0.2, 0) is 13.2 Å². The Hall–Kier alpha value is -2.10. The van der Waals surface area contributed by atoms with Crippen molar-refractivity contribution in [3.63, 3.8) is 0 Å². The van der Waals surface area contributed by atoms with E-state index in [9.17, 15) is 0 Å². The molecule has 0 bridgehead atoms. The van der Waals surface area contributed by atoms with Gasteiger partial charge in [0.05, 0.1) is 5.69 Å². The van der Waals surface area contributed by atoms with Crippen LogP contribution in [0.3, 0.4) is 0 Å². The number of nitrogens with zero attached hydrogens (tertiary/aromatic N) is 4. The fourth-order valence-electron chi connectivity index (χ4n) is 3.04. The summed E-state index contributed by atoms with van der Waals surface area (Å²) < 4.78 is 8.82. The molecule has 0 aliphatic heterocycles. The van der Waals surface area contributed by atoms with Crippen LogP contribution >= 0.6 is 51.7 Å². The van der Waals surface area contributed by atoms with Crippen LogP contribution in [0.15, 0.2) is 82.4 Å². The van der Waals surface area contributed by atoms with Gasteiger partial charge < -0.3 is 10.1 Å². The minimum absolute atomic E-state index is 0. The minimum Gasteiger partial charge on any atom is -0.489 e. The van der Waals surface area contributed by atoms with E-state index in [-0.39, 0.29) is 12.4 Å². The van der Waals surface area contributed by atoms with Gasteiger partial charge in [-0.25, -0.2) is 0 Å². The summed E-state index contributed by atoms with van der Waals surface area (Å²) >= 11 is 11.4. The summed E-state index contributed by atoms with van der Waals surface area (Å²) in [5.74, 6) is 1.66. The molecule has 33 heavy (non-hydrogen) atoms. The van der Waals surface area contributed by atoms with E-state index >= 15 is 0 Å². The summed E-state index contributed by atoms with van der Waals surface area (Å²) in [5, 5.41) is 17.0. The number of thioether (sulfide) groups is 1. The SMILES string of the molecule is Cl.Clc1ccccc1COc1ccc(Br)cc1CNCCSc1nnnn1-c1ccccc1. The number of hydrogen-bond donors (Lipinski definition) is 1. The van der Waals surface area contributed by atoms with E-state index in [4.69, 9.17) is 16.3 Å². The molecule has 1 heterocycles. The number of nitrogens with one attached hydrogen (secondary N) is 1. The van der Waals surface area contributed by atoms with Crippen molar-refractivity contribution >= 4 is 51.7 Å². The number of halogens is 3. The Morgan fingerprint density at radius 1 is 1.00 bits per heavy atom. The van der Waals surface area contributed by atoms with E-state index in [1.165, 1.54) is 0 Å². The first-order valence-corrected chi connectivity index (χ1v) is 12.2. The molecule has 6 nitrogen and oxygen atoms in total. The lowest BCUT2D eigenvalue weighted by Crippen LogP contribution is -2.17. The second-order valence-corrected chi connectivity index (χ2v) is 9.25. The van der Waals surface area contributed by atoms with Crippen LogP contribution in [0.4, 0.5) is 0 Å². The van der Waals surface area contributed by atoms with Gasteiger partial charge in [-0.1, -0.05) is 75.7 Å². The Kier molecular flexibility index (Phi) is 10.0. The highest BCUT2D eigenvalue weighted by atomic mass is 79.9. The Balaban J connectivity index is 0.00000306. The molecule has 0 aliphatic carbocycles. The Bertz CT molecular complexity index is 1160. The van der Waals surface area contributed by atoms with Gasteiger partial charge in [0.1, 0.15) is 12.4 Å². The molecule has 4 rings (SSSR count). The quantitative estimate of drug-likeness (QED) is 0.189. The average Bonchev–Trinajstić information content (AvgIpc) is 3.28. The van der Waals surface area contributed by atoms with Crippen molar-refractivity contribution in [3.8, 4) is 11.4 Å². The highest BCUT2D eigenvalue weighted by molar-refractivity contribution is 9.10. The van der Waals surface area contributed by atoms with Gasteiger partial charge >= 0.3 is 0 Å². The van der Waals surface area contributed by atoms with Crippen LogP contribution in [0.5, 0.6) is 5.75 Å². The van der Waals surface area contributed by atoms with Crippen molar-refractivity contribution in [3.05, 3.63) is 93.4 Å². The van der Waals surface area contributed by atoms with Gasteiger partial charge in [-0.3, -0.25) is 0 Å². The minimum atomic E-state index is 0. The van der Waals surface area contributed by atoms with Crippen molar-refractivity contribution in [1.82, 2.24) is 25.5 Å². The molecule has 0 saturated carbocycles. The lowest BCUT2D eigenvalue weighted by molar-refractivity contribution is 0.302. The molecular weight excluding hydrogens is 545 g/mol. The summed E-state index contributed by atoms with van der Waals surface area (Å²) in [6.45, 7) is 1.90. The molecule has 0 radical (unpaired) electrons. The van der Waals surface area contributed by atoms with Gasteiger partial charge in [-0.05, 0) is 46.8 Å². The second kappa shape index (κ2) is 13.0. The maximum Gasteiger partial charge on any atom is 0.214 e. The number of ether oxygens (including phenoxy) is 1. The molecule has 3 aromatic carbocycles. The monoisotopic (exact) mass is 565 g/mol. The molecule has 172 valence electrons. The molecule has 0 spiro atoms. The molecule has 0 unspecified atom stereocenters. The van der Waals surface area contributed by atoms with E-state index in [0.29, 0.717) is 18.2 Å². The first kappa shape index (κ1) is 25.5. The van der Waals surface area contributed by atoms with E-state index in [1.807, 2.05) is 66.7 Å². The van der Waals surface area contributed by atoms with Gasteiger partial charge in [0.2, 0.25) is 5.16 Å². The fourth-order valence-corrected chi connectivity index (χ4v) is 4.42. The van der Waals surface area contributed by atoms with E-state index in [2.05, 4.69) is 42.8 Å². The predicted octanol–water partition coefficient (Wildman–Crippen LogP) is 5.96. The van der Waals surface area contributed by atoms with Crippen molar-refractivity contribution < 1.29 is 4.74 Å². The zero-order valence-electron chi connectivity index (χ0n) is 17.5. The number of para-hydroxylation sites is 1. The number of benzene rings is 3. The zero-order valence-corrected chi connectivity index (χ0v) is 21.5. The number of hydrogen-bond acceptors (Lipinski definition) is 6. The summed E-state index contributed by atoms with van der Waals surface area (Å²) in [7, 11) is 0. The fraction of sp³-hybridized carbons (Fsp3) is 0.174. The number of rotatable bonds is 10. The Morgan fingerprint density at radius 3 is 2.61 bits per heavy atom. The summed E-state index contributed by atoms with van der Waals surface area (Å²) in [5.41, 5.74) is 2.98. The van der Waals surface area contributed by atoms with Crippen molar-refractivity contribution in [1.29, 1.82) is 0 Å². The summed E-state index contributed by atoms with van der Waals surface area (Å²) in [6, 6.07) is 23.6. The first-order chi connectivity index (χ1) is 15.7. The largest absolute Gasteiger partial charge is 0.489 e. The predicted molar refractivity (Wildman–Crippen MR) is 139 cm³/mol. The average molecular weight is 567 g/mol. The van der Waals surface area contributed by atoms with E-state index in [0.717, 1.165) is 44.5 Å². The van der Waals surface area contributed by atoms with Crippen molar-refractivity contribution in [2.45, 2.75) is 18.3 Å². The van der Waals surface area contributed by atoms with E-state index in [1.54, 1.807) is 16.4 Å². The molecule has 0 amide bonds. The summed E-state index contributed by atoms with van der Waals surface area (Å²) in [4.78, 5) is 0. The Labute approximate surface area is 216 Å². The first-order valence-electron chi connectivity index (χ1n) is 10.0. The highest BCUT2D eigenvalue weighted by Gasteiger charge is 2.09. The molecule has 0 saturated heterocycles. The number of aromatic nitrogens is 4. The third kappa shape index (κ3) is 7.19. The lowest BCUT2D eigenvalue weighted by atomic mass is 10.2. The van der Waals surface area contributed by atoms with Gasteiger partial charge in [0, 0.05) is 39.5 Å². The normalized spacial score (nSPS) is 10.6. The third-order valence-corrected chi connectivity index (χ3v) is 6.41.